The number of hydrogen-bond donors (Lipinski definition) is 2. The van der Waals surface area contributed by atoms with Gasteiger partial charge in [-0.15, -0.1) is 11.3 Å². The van der Waals surface area contributed by atoms with Crippen LogP contribution in [0.5, 0.6) is 0 Å². The topological polar surface area (TPSA) is 76.7 Å². The normalized spacial score (nSPS) is 19.5. The van der Waals surface area contributed by atoms with Crippen LogP contribution in [0.3, 0.4) is 0 Å². The minimum Gasteiger partial charge on any atom is -0.468 e. The Hall–Kier alpha value is -1.44. The number of rotatable bonds is 3. The Morgan fingerprint density at radius 2 is 2.23 bits per heavy atom. The van der Waals surface area contributed by atoms with Crippen molar-refractivity contribution in [2.24, 2.45) is 0 Å². The molecule has 0 saturated carbocycles. The monoisotopic (exact) mass is 324 g/mol. The van der Waals surface area contributed by atoms with Crippen molar-refractivity contribution in [3.05, 3.63) is 21.4 Å². The third kappa shape index (κ3) is 2.88. The standard InChI is InChI=1S/C15H20N2O4S/c1-20-13(18)9-17-14(19)12-8-10-11(22-12)2-7-21-15(10)3-5-16-6-4-15/h8,16H,2-7,9H2,1H3,(H,17,19). The maximum absolute atomic E-state index is 12.2. The number of piperidine rings is 1. The number of carbonyl (C=O) groups excluding carboxylic acids is 2. The molecule has 0 radical (unpaired) electrons. The summed E-state index contributed by atoms with van der Waals surface area (Å²) in [6.45, 7) is 2.46. The molecule has 1 amide bonds. The Morgan fingerprint density at radius 1 is 1.45 bits per heavy atom. The van der Waals surface area contributed by atoms with E-state index in [0.29, 0.717) is 11.5 Å². The first-order valence-electron chi connectivity index (χ1n) is 7.47. The molecule has 2 aliphatic rings. The Balaban J connectivity index is 1.79. The van der Waals surface area contributed by atoms with Crippen molar-refractivity contribution < 1.29 is 19.1 Å². The molecule has 6 nitrogen and oxygen atoms in total. The molecule has 1 saturated heterocycles. The van der Waals surface area contributed by atoms with Gasteiger partial charge in [0.15, 0.2) is 0 Å². The minimum absolute atomic E-state index is 0.108. The van der Waals surface area contributed by atoms with Gasteiger partial charge in [-0.25, -0.2) is 0 Å². The van der Waals surface area contributed by atoms with Gasteiger partial charge in [-0.2, -0.15) is 0 Å². The average Bonchev–Trinajstić information content (AvgIpc) is 2.99. The van der Waals surface area contributed by atoms with E-state index in [0.717, 1.165) is 37.9 Å². The summed E-state index contributed by atoms with van der Waals surface area (Å²) in [6, 6.07) is 1.94. The molecule has 1 fully saturated rings. The molecule has 2 aliphatic heterocycles. The summed E-state index contributed by atoms with van der Waals surface area (Å²) in [4.78, 5) is 25.2. The van der Waals surface area contributed by atoms with Gasteiger partial charge in [0, 0.05) is 11.3 Å². The summed E-state index contributed by atoms with van der Waals surface area (Å²) in [5.74, 6) is -0.679. The van der Waals surface area contributed by atoms with E-state index in [2.05, 4.69) is 15.4 Å². The van der Waals surface area contributed by atoms with Gasteiger partial charge < -0.3 is 20.1 Å². The van der Waals surface area contributed by atoms with E-state index in [1.54, 1.807) is 0 Å². The summed E-state index contributed by atoms with van der Waals surface area (Å²) >= 11 is 1.51. The lowest BCUT2D eigenvalue weighted by atomic mass is 9.83. The molecule has 22 heavy (non-hydrogen) atoms. The SMILES string of the molecule is COC(=O)CNC(=O)c1cc2c(s1)CCOC21CCNCC1. The van der Waals surface area contributed by atoms with Crippen molar-refractivity contribution in [1.82, 2.24) is 10.6 Å². The number of amides is 1. The zero-order valence-corrected chi connectivity index (χ0v) is 13.4. The van der Waals surface area contributed by atoms with E-state index in [4.69, 9.17) is 4.74 Å². The lowest BCUT2D eigenvalue weighted by molar-refractivity contribution is -0.139. The highest BCUT2D eigenvalue weighted by atomic mass is 32.1. The van der Waals surface area contributed by atoms with Crippen LogP contribution < -0.4 is 10.6 Å². The molecule has 0 aliphatic carbocycles. The third-order valence-electron chi connectivity index (χ3n) is 4.26. The number of hydrogen-bond acceptors (Lipinski definition) is 6. The predicted molar refractivity (Wildman–Crippen MR) is 82.1 cm³/mol. The van der Waals surface area contributed by atoms with Gasteiger partial charge in [-0.3, -0.25) is 9.59 Å². The van der Waals surface area contributed by atoms with E-state index in [9.17, 15) is 9.59 Å². The van der Waals surface area contributed by atoms with Crippen LogP contribution in [0.15, 0.2) is 6.07 Å². The molecule has 7 heteroatoms. The fraction of sp³-hybridized carbons (Fsp3) is 0.600. The second-order valence-electron chi connectivity index (χ2n) is 5.55. The van der Waals surface area contributed by atoms with Crippen LogP contribution in [-0.4, -0.2) is 45.2 Å². The van der Waals surface area contributed by atoms with Gasteiger partial charge in [0.25, 0.3) is 5.91 Å². The number of thiophene rings is 1. The summed E-state index contributed by atoms with van der Waals surface area (Å²) < 4.78 is 10.6. The Labute approximate surface area is 133 Å². The van der Waals surface area contributed by atoms with Crippen molar-refractivity contribution in [3.8, 4) is 0 Å². The molecule has 1 aromatic heterocycles. The first-order chi connectivity index (χ1) is 10.6. The van der Waals surface area contributed by atoms with Gasteiger partial charge in [0.05, 0.1) is 24.2 Å². The fourth-order valence-electron chi connectivity index (χ4n) is 3.08. The average molecular weight is 324 g/mol. The minimum atomic E-state index is -0.451. The highest BCUT2D eigenvalue weighted by molar-refractivity contribution is 7.14. The molecule has 0 bridgehead atoms. The molecule has 1 spiro atoms. The summed E-state index contributed by atoms with van der Waals surface area (Å²) in [5, 5.41) is 5.94. The van der Waals surface area contributed by atoms with Crippen LogP contribution in [-0.2, 0) is 26.3 Å². The van der Waals surface area contributed by atoms with Gasteiger partial charge >= 0.3 is 5.97 Å². The summed E-state index contributed by atoms with van der Waals surface area (Å²) in [7, 11) is 1.30. The second-order valence-corrected chi connectivity index (χ2v) is 6.69. The molecule has 3 heterocycles. The molecule has 0 unspecified atom stereocenters. The maximum Gasteiger partial charge on any atom is 0.325 e. The lowest BCUT2D eigenvalue weighted by Crippen LogP contribution is -2.44. The van der Waals surface area contributed by atoms with Crippen molar-refractivity contribution in [2.75, 3.05) is 33.4 Å². The van der Waals surface area contributed by atoms with E-state index < -0.39 is 5.97 Å². The van der Waals surface area contributed by atoms with Crippen molar-refractivity contribution in [2.45, 2.75) is 24.9 Å². The van der Waals surface area contributed by atoms with Crippen molar-refractivity contribution in [1.29, 1.82) is 0 Å². The third-order valence-corrected chi connectivity index (χ3v) is 5.46. The first-order valence-corrected chi connectivity index (χ1v) is 8.29. The number of methoxy groups -OCH3 is 1. The zero-order valence-electron chi connectivity index (χ0n) is 12.6. The number of esters is 1. The molecule has 0 aromatic carbocycles. The van der Waals surface area contributed by atoms with Crippen LogP contribution in [0.2, 0.25) is 0 Å². The van der Waals surface area contributed by atoms with Gasteiger partial charge in [-0.1, -0.05) is 0 Å². The molecule has 1 aromatic rings. The maximum atomic E-state index is 12.2. The van der Waals surface area contributed by atoms with Crippen molar-refractivity contribution in [3.63, 3.8) is 0 Å². The van der Waals surface area contributed by atoms with E-state index in [1.807, 2.05) is 6.07 Å². The lowest BCUT2D eigenvalue weighted by Gasteiger charge is -2.40. The molecular formula is C15H20N2O4S. The van der Waals surface area contributed by atoms with Crippen LogP contribution in [0.25, 0.3) is 0 Å². The molecule has 2 N–H and O–H groups in total. The Kier molecular flexibility index (Phi) is 4.46. The molecular weight excluding hydrogens is 304 g/mol. The fourth-order valence-corrected chi connectivity index (χ4v) is 4.23. The Morgan fingerprint density at radius 3 is 2.95 bits per heavy atom. The van der Waals surface area contributed by atoms with E-state index in [-0.39, 0.29) is 18.1 Å². The van der Waals surface area contributed by atoms with Gasteiger partial charge in [-0.05, 0) is 37.6 Å². The Bertz CT molecular complexity index is 578. The summed E-state index contributed by atoms with van der Waals surface area (Å²) in [5.41, 5.74) is 0.921. The predicted octanol–water partition coefficient (Wildman–Crippen LogP) is 0.802. The van der Waals surface area contributed by atoms with Crippen LogP contribution in [0.4, 0.5) is 0 Å². The molecule has 3 rings (SSSR count). The summed E-state index contributed by atoms with van der Waals surface area (Å²) in [6.07, 6.45) is 2.71. The largest absolute Gasteiger partial charge is 0.468 e. The van der Waals surface area contributed by atoms with Gasteiger partial charge in [0.2, 0.25) is 0 Å². The molecule has 120 valence electrons. The zero-order chi connectivity index (χ0) is 15.6. The number of carbonyl (C=O) groups is 2. The smallest absolute Gasteiger partial charge is 0.325 e. The first kappa shape index (κ1) is 15.5. The molecule has 0 atom stereocenters. The van der Waals surface area contributed by atoms with Crippen LogP contribution in [0.1, 0.15) is 33.0 Å². The number of ether oxygens (including phenoxy) is 2. The number of nitrogens with one attached hydrogen (secondary N) is 2. The van der Waals surface area contributed by atoms with Crippen molar-refractivity contribution >= 4 is 23.2 Å². The van der Waals surface area contributed by atoms with Crippen LogP contribution in [0, 0.1) is 0 Å². The quantitative estimate of drug-likeness (QED) is 0.805. The van der Waals surface area contributed by atoms with E-state index in [1.165, 1.54) is 23.3 Å². The highest BCUT2D eigenvalue weighted by Gasteiger charge is 2.40. The van der Waals surface area contributed by atoms with Gasteiger partial charge in [0.1, 0.15) is 6.54 Å². The highest BCUT2D eigenvalue weighted by Crippen LogP contribution is 2.43. The number of fused-ring (bicyclic) bond motifs is 2. The van der Waals surface area contributed by atoms with Crippen LogP contribution >= 0.6 is 11.3 Å². The van der Waals surface area contributed by atoms with E-state index >= 15 is 0 Å². The second kappa shape index (κ2) is 6.36.